The van der Waals surface area contributed by atoms with Crippen molar-refractivity contribution in [2.24, 2.45) is 0 Å². The van der Waals surface area contributed by atoms with E-state index >= 15 is 0 Å². The van der Waals surface area contributed by atoms with E-state index in [2.05, 4.69) is 14.9 Å². The molecular formula is C23H22FN3O2S. The molecule has 2 heterocycles. The lowest BCUT2D eigenvalue weighted by Crippen LogP contribution is -2.21. The molecule has 0 aliphatic heterocycles. The second kappa shape index (κ2) is 8.77. The molecule has 0 bridgehead atoms. The average Bonchev–Trinajstić information content (AvgIpc) is 3.15. The molecule has 0 saturated carbocycles. The molecule has 4 rings (SSSR count). The second-order valence-corrected chi connectivity index (χ2v) is 8.15. The van der Waals surface area contributed by atoms with Crippen molar-refractivity contribution in [1.29, 1.82) is 0 Å². The number of hydrogen-bond acceptors (Lipinski definition) is 5. The van der Waals surface area contributed by atoms with Crippen LogP contribution in [0.2, 0.25) is 0 Å². The third-order valence-electron chi connectivity index (χ3n) is 4.67. The number of H-pyrrole nitrogens is 1. The van der Waals surface area contributed by atoms with Crippen LogP contribution >= 0.6 is 11.3 Å². The molecular weight excluding hydrogens is 401 g/mol. The van der Waals surface area contributed by atoms with Gasteiger partial charge in [0.05, 0.1) is 18.7 Å². The number of nitrogens with zero attached hydrogens (tertiary/aromatic N) is 2. The van der Waals surface area contributed by atoms with Gasteiger partial charge < -0.3 is 9.72 Å². The fraction of sp³-hybridized carbons (Fsp3) is 0.217. The third kappa shape index (κ3) is 4.58. The van der Waals surface area contributed by atoms with E-state index in [-0.39, 0.29) is 11.4 Å². The van der Waals surface area contributed by atoms with Crippen molar-refractivity contribution in [1.82, 2.24) is 14.9 Å². The standard InChI is InChI=1S/C23H22FN3O2S/c1-3-29-18-10-4-15(5-11-18)13-27(2)14-21-25-19-12-20(30-22(19)23(28)26-21)16-6-8-17(24)9-7-16/h4-12H,3,13-14H2,1-2H3,(H,25,26,28). The molecule has 1 N–H and O–H groups in total. The molecule has 2 aromatic carbocycles. The first-order valence-corrected chi connectivity index (χ1v) is 10.5. The molecule has 154 valence electrons. The van der Waals surface area contributed by atoms with Crippen LogP contribution in [-0.4, -0.2) is 28.5 Å². The van der Waals surface area contributed by atoms with Crippen LogP contribution < -0.4 is 10.3 Å². The normalized spacial score (nSPS) is 11.3. The minimum absolute atomic E-state index is 0.150. The monoisotopic (exact) mass is 423 g/mol. The summed E-state index contributed by atoms with van der Waals surface area (Å²) in [4.78, 5) is 23.1. The molecule has 4 aromatic rings. The van der Waals surface area contributed by atoms with E-state index < -0.39 is 0 Å². The summed E-state index contributed by atoms with van der Waals surface area (Å²) >= 11 is 1.36. The Balaban J connectivity index is 1.51. The number of benzene rings is 2. The lowest BCUT2D eigenvalue weighted by molar-refractivity contribution is 0.310. The van der Waals surface area contributed by atoms with Crippen LogP contribution in [-0.2, 0) is 13.1 Å². The van der Waals surface area contributed by atoms with Gasteiger partial charge in [-0.05, 0) is 55.4 Å². The van der Waals surface area contributed by atoms with Crippen LogP contribution in [0.4, 0.5) is 4.39 Å². The third-order valence-corrected chi connectivity index (χ3v) is 5.84. The number of fused-ring (bicyclic) bond motifs is 1. The number of aromatic amines is 1. The summed E-state index contributed by atoms with van der Waals surface area (Å²) in [7, 11) is 1.98. The number of rotatable bonds is 7. The van der Waals surface area contributed by atoms with Crippen molar-refractivity contribution in [2.75, 3.05) is 13.7 Å². The summed E-state index contributed by atoms with van der Waals surface area (Å²) in [5, 5.41) is 0. The molecule has 0 aliphatic rings. The first kappa shape index (κ1) is 20.3. The highest BCUT2D eigenvalue weighted by Crippen LogP contribution is 2.31. The van der Waals surface area contributed by atoms with Crippen molar-refractivity contribution in [3.63, 3.8) is 0 Å². The number of aromatic nitrogens is 2. The minimum Gasteiger partial charge on any atom is -0.494 e. The fourth-order valence-corrected chi connectivity index (χ4v) is 4.30. The van der Waals surface area contributed by atoms with Gasteiger partial charge in [-0.3, -0.25) is 9.69 Å². The van der Waals surface area contributed by atoms with Gasteiger partial charge in [-0.2, -0.15) is 0 Å². The van der Waals surface area contributed by atoms with Gasteiger partial charge in [-0.15, -0.1) is 11.3 Å². The summed E-state index contributed by atoms with van der Waals surface area (Å²) in [5.41, 5.74) is 2.53. The summed E-state index contributed by atoms with van der Waals surface area (Å²) < 4.78 is 19.2. The zero-order valence-electron chi connectivity index (χ0n) is 16.8. The Kier molecular flexibility index (Phi) is 5.92. The topological polar surface area (TPSA) is 58.2 Å². The van der Waals surface area contributed by atoms with Gasteiger partial charge in [0.1, 0.15) is 22.1 Å². The number of thiophene rings is 1. The van der Waals surface area contributed by atoms with E-state index in [1.54, 1.807) is 12.1 Å². The Labute approximate surface area is 177 Å². The van der Waals surface area contributed by atoms with Gasteiger partial charge in [-0.25, -0.2) is 9.37 Å². The van der Waals surface area contributed by atoms with Gasteiger partial charge in [0.25, 0.3) is 5.56 Å². The largest absolute Gasteiger partial charge is 0.494 e. The summed E-state index contributed by atoms with van der Waals surface area (Å²) in [6, 6.07) is 16.1. The predicted molar refractivity (Wildman–Crippen MR) is 118 cm³/mol. The zero-order chi connectivity index (χ0) is 21.1. The van der Waals surface area contributed by atoms with Gasteiger partial charge >= 0.3 is 0 Å². The number of halogens is 1. The quantitative estimate of drug-likeness (QED) is 0.463. The van der Waals surface area contributed by atoms with Gasteiger partial charge in [0, 0.05) is 11.4 Å². The maximum Gasteiger partial charge on any atom is 0.268 e. The highest BCUT2D eigenvalue weighted by atomic mass is 32.1. The van der Waals surface area contributed by atoms with Gasteiger partial charge in [-0.1, -0.05) is 24.3 Å². The number of ether oxygens (including phenoxy) is 1. The molecule has 0 radical (unpaired) electrons. The SMILES string of the molecule is CCOc1ccc(CN(C)Cc2nc3cc(-c4ccc(F)cc4)sc3c(=O)[nH]2)cc1. The molecule has 0 atom stereocenters. The Morgan fingerprint density at radius 1 is 1.10 bits per heavy atom. The minimum atomic E-state index is -0.284. The molecule has 0 aliphatic carbocycles. The van der Waals surface area contributed by atoms with Crippen LogP contribution in [0.5, 0.6) is 5.75 Å². The van der Waals surface area contributed by atoms with Crippen molar-refractivity contribution in [2.45, 2.75) is 20.0 Å². The van der Waals surface area contributed by atoms with Gasteiger partial charge in [0.2, 0.25) is 0 Å². The van der Waals surface area contributed by atoms with Crippen LogP contribution in [0.1, 0.15) is 18.3 Å². The Morgan fingerprint density at radius 2 is 1.83 bits per heavy atom. The van der Waals surface area contributed by atoms with Crippen molar-refractivity contribution < 1.29 is 9.13 Å². The molecule has 5 nitrogen and oxygen atoms in total. The van der Waals surface area contributed by atoms with Gasteiger partial charge in [0.15, 0.2) is 0 Å². The van der Waals surface area contributed by atoms with Crippen molar-refractivity contribution in [3.8, 4) is 16.2 Å². The highest BCUT2D eigenvalue weighted by molar-refractivity contribution is 7.22. The van der Waals surface area contributed by atoms with Crippen LogP contribution in [0, 0.1) is 5.82 Å². The van der Waals surface area contributed by atoms with Crippen LogP contribution in [0.25, 0.3) is 20.7 Å². The molecule has 0 spiro atoms. The lowest BCUT2D eigenvalue weighted by Gasteiger charge is -2.16. The summed E-state index contributed by atoms with van der Waals surface area (Å²) in [5.74, 6) is 1.19. The van der Waals surface area contributed by atoms with E-state index in [1.165, 1.54) is 23.5 Å². The van der Waals surface area contributed by atoms with E-state index in [0.29, 0.717) is 29.2 Å². The molecule has 0 saturated heterocycles. The van der Waals surface area contributed by atoms with Crippen molar-refractivity contribution >= 4 is 21.6 Å². The van der Waals surface area contributed by atoms with Crippen LogP contribution in [0.15, 0.2) is 59.4 Å². The zero-order valence-corrected chi connectivity index (χ0v) is 17.6. The van der Waals surface area contributed by atoms with Crippen LogP contribution in [0.3, 0.4) is 0 Å². The van der Waals surface area contributed by atoms with E-state index in [0.717, 1.165) is 28.3 Å². The molecule has 0 unspecified atom stereocenters. The smallest absolute Gasteiger partial charge is 0.268 e. The first-order valence-electron chi connectivity index (χ1n) is 9.71. The predicted octanol–water partition coefficient (Wildman–Crippen LogP) is 4.82. The Hall–Kier alpha value is -3.03. The maximum atomic E-state index is 13.2. The Morgan fingerprint density at radius 3 is 2.53 bits per heavy atom. The second-order valence-electron chi connectivity index (χ2n) is 7.09. The van der Waals surface area contributed by atoms with E-state index in [4.69, 9.17) is 4.74 Å². The fourth-order valence-electron chi connectivity index (χ4n) is 3.30. The number of nitrogens with one attached hydrogen (secondary N) is 1. The molecule has 0 amide bonds. The summed E-state index contributed by atoms with van der Waals surface area (Å²) in [6.07, 6.45) is 0. The molecule has 2 aromatic heterocycles. The summed E-state index contributed by atoms with van der Waals surface area (Å²) in [6.45, 7) is 3.84. The maximum absolute atomic E-state index is 13.2. The average molecular weight is 424 g/mol. The van der Waals surface area contributed by atoms with Crippen molar-refractivity contribution in [3.05, 3.63) is 82.2 Å². The van der Waals surface area contributed by atoms with E-state index in [1.807, 2.05) is 44.3 Å². The molecule has 30 heavy (non-hydrogen) atoms. The van der Waals surface area contributed by atoms with E-state index in [9.17, 15) is 9.18 Å². The Bertz CT molecular complexity index is 1200. The number of hydrogen-bond donors (Lipinski definition) is 1. The molecule has 0 fully saturated rings. The lowest BCUT2D eigenvalue weighted by atomic mass is 10.2. The molecule has 7 heteroatoms. The first-order chi connectivity index (χ1) is 14.5. The highest BCUT2D eigenvalue weighted by Gasteiger charge is 2.12.